The molecule has 2 aromatic carbocycles. The van der Waals surface area contributed by atoms with E-state index < -0.39 is 6.10 Å². The minimum atomic E-state index is -0.738. The fraction of sp³-hybridized carbons (Fsp3) is 0.364. The van der Waals surface area contributed by atoms with Crippen LogP contribution in [0.3, 0.4) is 0 Å². The molecule has 0 aromatic heterocycles. The smallest absolute Gasteiger partial charge is 0.265 e. The number of nitrogens with one attached hydrogen (secondary N) is 2. The van der Waals surface area contributed by atoms with Gasteiger partial charge in [-0.05, 0) is 43.5 Å². The molecule has 3 rings (SSSR count). The van der Waals surface area contributed by atoms with E-state index in [0.717, 1.165) is 19.4 Å². The Morgan fingerprint density at radius 3 is 2.69 bits per heavy atom. The molecule has 1 saturated heterocycles. The Labute approximate surface area is 175 Å². The van der Waals surface area contributed by atoms with Crippen molar-refractivity contribution in [2.45, 2.75) is 38.4 Å². The molecule has 29 heavy (non-hydrogen) atoms. The highest BCUT2D eigenvalue weighted by atomic mass is 35.5. The standard InChI is InChI=1S/C22H25ClN2O4/c1-2-19(29-20-12-6-4-10-17(20)23)22(27)25-18-11-5-3-9-16(18)21(26)24-14-15-8-7-13-28-15/h3-6,9-12,15,19H,2,7-8,13-14H2,1H3,(H,24,26)(H,25,27). The van der Waals surface area contributed by atoms with E-state index in [0.29, 0.717) is 35.0 Å². The minimum absolute atomic E-state index is 0.0502. The summed E-state index contributed by atoms with van der Waals surface area (Å²) in [6.45, 7) is 3.03. The molecule has 2 amide bonds. The molecule has 2 aromatic rings. The zero-order valence-electron chi connectivity index (χ0n) is 16.3. The number of carbonyl (C=O) groups excluding carboxylic acids is 2. The lowest BCUT2D eigenvalue weighted by molar-refractivity contribution is -0.122. The largest absolute Gasteiger partial charge is 0.479 e. The molecule has 1 aliphatic heterocycles. The van der Waals surface area contributed by atoms with Crippen LogP contribution in [-0.2, 0) is 9.53 Å². The zero-order valence-corrected chi connectivity index (χ0v) is 17.1. The lowest BCUT2D eigenvalue weighted by atomic mass is 10.1. The van der Waals surface area contributed by atoms with Gasteiger partial charge < -0.3 is 20.1 Å². The van der Waals surface area contributed by atoms with Gasteiger partial charge in [-0.1, -0.05) is 42.8 Å². The van der Waals surface area contributed by atoms with Gasteiger partial charge in [0.1, 0.15) is 5.75 Å². The van der Waals surface area contributed by atoms with Gasteiger partial charge in [0, 0.05) is 13.2 Å². The van der Waals surface area contributed by atoms with Gasteiger partial charge in [-0.3, -0.25) is 9.59 Å². The second kappa shape index (κ2) is 10.3. The predicted octanol–water partition coefficient (Wildman–Crippen LogP) is 4.04. The molecule has 6 nitrogen and oxygen atoms in total. The summed E-state index contributed by atoms with van der Waals surface area (Å²) in [6.07, 6.45) is 1.71. The molecule has 0 spiro atoms. The second-order valence-electron chi connectivity index (χ2n) is 6.83. The first-order valence-electron chi connectivity index (χ1n) is 9.79. The Balaban J connectivity index is 1.66. The number of amides is 2. The summed E-state index contributed by atoms with van der Waals surface area (Å²) in [4.78, 5) is 25.4. The first-order chi connectivity index (χ1) is 14.1. The van der Waals surface area contributed by atoms with Gasteiger partial charge in [0.2, 0.25) is 0 Å². The van der Waals surface area contributed by atoms with Crippen LogP contribution in [0, 0.1) is 0 Å². The van der Waals surface area contributed by atoms with Crippen molar-refractivity contribution in [2.24, 2.45) is 0 Å². The molecule has 0 saturated carbocycles. The van der Waals surface area contributed by atoms with Crippen molar-refractivity contribution in [3.05, 3.63) is 59.1 Å². The van der Waals surface area contributed by atoms with Crippen LogP contribution in [0.15, 0.2) is 48.5 Å². The van der Waals surface area contributed by atoms with Crippen LogP contribution >= 0.6 is 11.6 Å². The first kappa shape index (κ1) is 21.1. The molecule has 0 bridgehead atoms. The summed E-state index contributed by atoms with van der Waals surface area (Å²) in [7, 11) is 0. The van der Waals surface area contributed by atoms with E-state index in [2.05, 4.69) is 10.6 Å². The van der Waals surface area contributed by atoms with Gasteiger partial charge in [-0.2, -0.15) is 0 Å². The third-order valence-electron chi connectivity index (χ3n) is 4.71. The van der Waals surface area contributed by atoms with Gasteiger partial charge >= 0.3 is 0 Å². The summed E-state index contributed by atoms with van der Waals surface area (Å²) >= 11 is 6.13. The molecule has 2 N–H and O–H groups in total. The van der Waals surface area contributed by atoms with Gasteiger partial charge in [0.15, 0.2) is 6.10 Å². The van der Waals surface area contributed by atoms with Crippen LogP contribution < -0.4 is 15.4 Å². The summed E-state index contributed by atoms with van der Waals surface area (Å²) in [6, 6.07) is 13.9. The number of benzene rings is 2. The van der Waals surface area contributed by atoms with Gasteiger partial charge in [0.05, 0.1) is 22.4 Å². The second-order valence-corrected chi connectivity index (χ2v) is 7.23. The number of halogens is 1. The van der Waals surface area contributed by atoms with E-state index in [9.17, 15) is 9.59 Å². The molecule has 0 radical (unpaired) electrons. The Hall–Kier alpha value is -2.57. The van der Waals surface area contributed by atoms with E-state index in [-0.39, 0.29) is 17.9 Å². The van der Waals surface area contributed by atoms with Crippen LogP contribution in [-0.4, -0.2) is 37.2 Å². The summed E-state index contributed by atoms with van der Waals surface area (Å²) in [5.74, 6) is -0.151. The molecular weight excluding hydrogens is 392 g/mol. The SMILES string of the molecule is CCC(Oc1ccccc1Cl)C(=O)Nc1ccccc1C(=O)NCC1CCCO1. The third kappa shape index (κ3) is 5.71. The number of hydrogen-bond acceptors (Lipinski definition) is 4. The third-order valence-corrected chi connectivity index (χ3v) is 5.03. The Bertz CT molecular complexity index is 852. The highest BCUT2D eigenvalue weighted by Crippen LogP contribution is 2.25. The Kier molecular flexibility index (Phi) is 7.49. The van der Waals surface area contributed by atoms with E-state index in [1.165, 1.54) is 0 Å². The average molecular weight is 417 g/mol. The topological polar surface area (TPSA) is 76.7 Å². The number of hydrogen-bond donors (Lipinski definition) is 2. The molecule has 0 aliphatic carbocycles. The number of carbonyl (C=O) groups is 2. The normalized spacial score (nSPS) is 16.8. The van der Waals surface area contributed by atoms with Crippen LogP contribution in [0.5, 0.6) is 5.75 Å². The fourth-order valence-corrected chi connectivity index (χ4v) is 3.31. The average Bonchev–Trinajstić information content (AvgIpc) is 3.25. The van der Waals surface area contributed by atoms with Crippen molar-refractivity contribution in [3.63, 3.8) is 0 Å². The maximum Gasteiger partial charge on any atom is 0.265 e. The molecule has 154 valence electrons. The van der Waals surface area contributed by atoms with Gasteiger partial charge in [-0.25, -0.2) is 0 Å². The van der Waals surface area contributed by atoms with Crippen molar-refractivity contribution in [2.75, 3.05) is 18.5 Å². The number of anilines is 1. The zero-order chi connectivity index (χ0) is 20.6. The Morgan fingerprint density at radius 1 is 1.21 bits per heavy atom. The van der Waals surface area contributed by atoms with E-state index in [1.807, 2.05) is 6.92 Å². The van der Waals surface area contributed by atoms with Gasteiger partial charge in [-0.15, -0.1) is 0 Å². The highest BCUT2D eigenvalue weighted by molar-refractivity contribution is 6.32. The van der Waals surface area contributed by atoms with Crippen LogP contribution in [0.25, 0.3) is 0 Å². The highest BCUT2D eigenvalue weighted by Gasteiger charge is 2.22. The maximum absolute atomic E-state index is 12.8. The monoisotopic (exact) mass is 416 g/mol. The summed E-state index contributed by atoms with van der Waals surface area (Å²) < 4.78 is 11.3. The van der Waals surface area contributed by atoms with Gasteiger partial charge in [0.25, 0.3) is 11.8 Å². The maximum atomic E-state index is 12.8. The van der Waals surface area contributed by atoms with Crippen LogP contribution in [0.2, 0.25) is 5.02 Å². The number of para-hydroxylation sites is 2. The van der Waals surface area contributed by atoms with E-state index in [4.69, 9.17) is 21.1 Å². The molecule has 1 aliphatic rings. The minimum Gasteiger partial charge on any atom is -0.479 e. The van der Waals surface area contributed by atoms with Crippen LogP contribution in [0.4, 0.5) is 5.69 Å². The predicted molar refractivity (Wildman–Crippen MR) is 113 cm³/mol. The number of ether oxygens (including phenoxy) is 2. The molecule has 7 heteroatoms. The lowest BCUT2D eigenvalue weighted by Crippen LogP contribution is -2.35. The summed E-state index contributed by atoms with van der Waals surface area (Å²) in [5.41, 5.74) is 0.829. The lowest BCUT2D eigenvalue weighted by Gasteiger charge is -2.19. The quantitative estimate of drug-likeness (QED) is 0.680. The summed E-state index contributed by atoms with van der Waals surface area (Å²) in [5, 5.41) is 6.13. The molecular formula is C22H25ClN2O4. The Morgan fingerprint density at radius 2 is 1.97 bits per heavy atom. The van der Waals surface area contributed by atoms with Crippen molar-refractivity contribution in [1.29, 1.82) is 0 Å². The van der Waals surface area contributed by atoms with Crippen molar-refractivity contribution in [1.82, 2.24) is 5.32 Å². The number of rotatable bonds is 8. The molecule has 1 fully saturated rings. The first-order valence-corrected chi connectivity index (χ1v) is 10.2. The van der Waals surface area contributed by atoms with Crippen LogP contribution in [0.1, 0.15) is 36.5 Å². The van der Waals surface area contributed by atoms with Crippen molar-refractivity contribution < 1.29 is 19.1 Å². The fourth-order valence-electron chi connectivity index (χ4n) is 3.13. The van der Waals surface area contributed by atoms with E-state index in [1.54, 1.807) is 48.5 Å². The molecule has 2 unspecified atom stereocenters. The molecule has 1 heterocycles. The van der Waals surface area contributed by atoms with Crippen molar-refractivity contribution >= 4 is 29.1 Å². The van der Waals surface area contributed by atoms with Crippen molar-refractivity contribution in [3.8, 4) is 5.75 Å². The molecule has 2 atom stereocenters. The van der Waals surface area contributed by atoms with E-state index >= 15 is 0 Å².